The van der Waals surface area contributed by atoms with Crippen molar-refractivity contribution in [2.45, 2.75) is 32.8 Å². The molecule has 32 heavy (non-hydrogen) atoms. The van der Waals surface area contributed by atoms with Gasteiger partial charge in [0.2, 0.25) is 5.91 Å². The maximum Gasteiger partial charge on any atom is 0.222 e. The Balaban J connectivity index is 1.73. The summed E-state index contributed by atoms with van der Waals surface area (Å²) in [6, 6.07) is 11.4. The van der Waals surface area contributed by atoms with Crippen LogP contribution in [-0.4, -0.2) is 23.4 Å². The van der Waals surface area contributed by atoms with Gasteiger partial charge in [-0.05, 0) is 35.4 Å². The SMILES string of the molecule is CC(=O)Nc1ncoc1COc1ccc(C(C)(C)c2cc(Cl)c(OCCCl)c(Cl)c2)cc1. The van der Waals surface area contributed by atoms with Gasteiger partial charge in [0, 0.05) is 12.3 Å². The van der Waals surface area contributed by atoms with E-state index in [0.29, 0.717) is 45.6 Å². The molecule has 0 unspecified atom stereocenters. The first-order chi connectivity index (χ1) is 15.2. The molecule has 0 bridgehead atoms. The van der Waals surface area contributed by atoms with E-state index in [4.69, 9.17) is 48.7 Å². The molecule has 6 nitrogen and oxygen atoms in total. The van der Waals surface area contributed by atoms with Gasteiger partial charge in [0.1, 0.15) is 19.0 Å². The summed E-state index contributed by atoms with van der Waals surface area (Å²) in [5.74, 6) is 1.98. The van der Waals surface area contributed by atoms with E-state index in [1.54, 1.807) is 0 Å². The van der Waals surface area contributed by atoms with E-state index in [1.807, 2.05) is 36.4 Å². The Labute approximate surface area is 201 Å². The summed E-state index contributed by atoms with van der Waals surface area (Å²) in [5.41, 5.74) is 1.62. The normalized spacial score (nSPS) is 11.3. The molecule has 2 aromatic carbocycles. The number of nitrogens with one attached hydrogen (secondary N) is 1. The van der Waals surface area contributed by atoms with E-state index >= 15 is 0 Å². The lowest BCUT2D eigenvalue weighted by Crippen LogP contribution is -2.19. The van der Waals surface area contributed by atoms with Crippen molar-refractivity contribution in [1.82, 2.24) is 4.98 Å². The van der Waals surface area contributed by atoms with Gasteiger partial charge in [0.15, 0.2) is 23.7 Å². The predicted molar refractivity (Wildman–Crippen MR) is 126 cm³/mol. The van der Waals surface area contributed by atoms with Crippen LogP contribution < -0.4 is 14.8 Å². The average Bonchev–Trinajstić information content (AvgIpc) is 3.18. The zero-order valence-corrected chi connectivity index (χ0v) is 20.1. The average molecular weight is 498 g/mol. The van der Waals surface area contributed by atoms with Crippen molar-refractivity contribution < 1.29 is 18.7 Å². The number of carbonyl (C=O) groups excluding carboxylic acids is 1. The van der Waals surface area contributed by atoms with E-state index in [2.05, 4.69) is 24.1 Å². The van der Waals surface area contributed by atoms with Crippen LogP contribution in [0.3, 0.4) is 0 Å². The number of hydrogen-bond donors (Lipinski definition) is 1. The molecule has 0 aliphatic rings. The minimum atomic E-state index is -0.375. The second-order valence-corrected chi connectivity index (χ2v) is 8.74. The van der Waals surface area contributed by atoms with Crippen LogP contribution in [0.2, 0.25) is 10.0 Å². The van der Waals surface area contributed by atoms with Gasteiger partial charge in [0.25, 0.3) is 0 Å². The number of hydrogen-bond acceptors (Lipinski definition) is 5. The predicted octanol–water partition coefficient (Wildman–Crippen LogP) is 6.46. The molecule has 1 aromatic heterocycles. The van der Waals surface area contributed by atoms with Crippen LogP contribution in [0, 0.1) is 0 Å². The topological polar surface area (TPSA) is 73.6 Å². The van der Waals surface area contributed by atoms with Crippen molar-refractivity contribution in [3.63, 3.8) is 0 Å². The summed E-state index contributed by atoms with van der Waals surface area (Å²) in [4.78, 5) is 15.2. The third kappa shape index (κ3) is 5.68. The molecule has 3 rings (SSSR count). The summed E-state index contributed by atoms with van der Waals surface area (Å²) in [6.07, 6.45) is 1.26. The van der Waals surface area contributed by atoms with Crippen molar-refractivity contribution >= 4 is 46.5 Å². The molecule has 170 valence electrons. The lowest BCUT2D eigenvalue weighted by molar-refractivity contribution is -0.114. The minimum Gasteiger partial charge on any atom is -0.489 e. The van der Waals surface area contributed by atoms with Crippen LogP contribution >= 0.6 is 34.8 Å². The molecular formula is C23H23Cl3N2O4. The molecule has 3 aromatic rings. The molecule has 0 fully saturated rings. The summed E-state index contributed by atoms with van der Waals surface area (Å²) < 4.78 is 16.6. The molecule has 0 aliphatic carbocycles. The highest BCUT2D eigenvalue weighted by molar-refractivity contribution is 6.37. The van der Waals surface area contributed by atoms with E-state index < -0.39 is 0 Å². The number of rotatable bonds is 9. The van der Waals surface area contributed by atoms with Crippen LogP contribution in [0.1, 0.15) is 37.7 Å². The monoisotopic (exact) mass is 496 g/mol. The molecule has 0 atom stereocenters. The molecule has 0 radical (unpaired) electrons. The first kappa shape index (κ1) is 24.2. The number of oxazole rings is 1. The zero-order valence-electron chi connectivity index (χ0n) is 17.9. The highest BCUT2D eigenvalue weighted by Crippen LogP contribution is 2.40. The Morgan fingerprint density at radius 1 is 1.09 bits per heavy atom. The van der Waals surface area contributed by atoms with E-state index in [0.717, 1.165) is 11.1 Å². The lowest BCUT2D eigenvalue weighted by atomic mass is 9.78. The molecule has 9 heteroatoms. The van der Waals surface area contributed by atoms with Gasteiger partial charge in [-0.15, -0.1) is 11.6 Å². The van der Waals surface area contributed by atoms with Crippen molar-refractivity contribution in [3.8, 4) is 11.5 Å². The summed E-state index contributed by atoms with van der Waals surface area (Å²) in [5, 5.41) is 3.48. The molecule has 0 saturated heterocycles. The van der Waals surface area contributed by atoms with Crippen molar-refractivity contribution in [1.29, 1.82) is 0 Å². The molecule has 0 spiro atoms. The first-order valence-corrected chi connectivity index (χ1v) is 11.1. The second-order valence-electron chi connectivity index (χ2n) is 7.55. The Bertz CT molecular complexity index is 1060. The molecule has 1 amide bonds. The Morgan fingerprint density at radius 2 is 1.75 bits per heavy atom. The van der Waals surface area contributed by atoms with Gasteiger partial charge in [-0.25, -0.2) is 0 Å². The number of benzene rings is 2. The third-order valence-electron chi connectivity index (χ3n) is 4.92. The number of carbonyl (C=O) groups is 1. The molecule has 0 saturated carbocycles. The first-order valence-electron chi connectivity index (χ1n) is 9.84. The van der Waals surface area contributed by atoms with Crippen LogP contribution in [0.5, 0.6) is 11.5 Å². The minimum absolute atomic E-state index is 0.132. The van der Waals surface area contributed by atoms with Gasteiger partial charge < -0.3 is 19.2 Å². The van der Waals surface area contributed by atoms with Gasteiger partial charge in [0.05, 0.1) is 15.9 Å². The van der Waals surface area contributed by atoms with Crippen molar-refractivity contribution in [2.75, 3.05) is 17.8 Å². The quantitative estimate of drug-likeness (QED) is 0.343. The number of halogens is 3. The highest BCUT2D eigenvalue weighted by Gasteiger charge is 2.25. The molecule has 1 heterocycles. The molecule has 1 N–H and O–H groups in total. The fraction of sp³-hybridized carbons (Fsp3) is 0.304. The second kappa shape index (κ2) is 10.5. The van der Waals surface area contributed by atoms with Crippen LogP contribution in [0.15, 0.2) is 47.2 Å². The number of ether oxygens (including phenoxy) is 2. The summed E-state index contributed by atoms with van der Waals surface area (Å²) >= 11 is 18.5. The number of nitrogens with zero attached hydrogens (tertiary/aromatic N) is 1. The largest absolute Gasteiger partial charge is 0.489 e. The van der Waals surface area contributed by atoms with Gasteiger partial charge in [-0.3, -0.25) is 4.79 Å². The fourth-order valence-electron chi connectivity index (χ4n) is 3.12. The smallest absolute Gasteiger partial charge is 0.222 e. The van der Waals surface area contributed by atoms with E-state index in [9.17, 15) is 4.79 Å². The van der Waals surface area contributed by atoms with Crippen LogP contribution in [-0.2, 0) is 16.8 Å². The van der Waals surface area contributed by atoms with Gasteiger partial charge >= 0.3 is 0 Å². The highest BCUT2D eigenvalue weighted by atomic mass is 35.5. The summed E-state index contributed by atoms with van der Waals surface area (Å²) in [7, 11) is 0. The number of alkyl halides is 1. The maximum atomic E-state index is 11.2. The van der Waals surface area contributed by atoms with E-state index in [-0.39, 0.29) is 17.9 Å². The standard InChI is InChI=1S/C23H23Cl3N2O4/c1-14(29)28-22-20(32-13-27-22)12-31-17-6-4-15(5-7-17)23(2,3)16-10-18(25)21(19(26)11-16)30-9-8-24/h4-7,10-11,13H,8-9,12H2,1-3H3,(H,28,29). The molecular weight excluding hydrogens is 475 g/mol. The molecule has 0 aliphatic heterocycles. The third-order valence-corrected chi connectivity index (χ3v) is 5.64. The zero-order chi connectivity index (χ0) is 23.3. The fourth-order valence-corrected chi connectivity index (χ4v) is 3.80. The summed E-state index contributed by atoms with van der Waals surface area (Å²) in [6.45, 7) is 6.02. The van der Waals surface area contributed by atoms with Gasteiger partial charge in [-0.2, -0.15) is 4.98 Å². The van der Waals surface area contributed by atoms with Crippen LogP contribution in [0.25, 0.3) is 0 Å². The van der Waals surface area contributed by atoms with Crippen molar-refractivity contribution in [3.05, 3.63) is 69.7 Å². The Hall–Kier alpha value is -2.41. The van der Waals surface area contributed by atoms with Gasteiger partial charge in [-0.1, -0.05) is 49.2 Å². The Kier molecular flexibility index (Phi) is 7.93. The van der Waals surface area contributed by atoms with Crippen molar-refractivity contribution in [2.24, 2.45) is 0 Å². The lowest BCUT2D eigenvalue weighted by Gasteiger charge is -2.27. The Morgan fingerprint density at radius 3 is 2.34 bits per heavy atom. The number of amides is 1. The maximum absolute atomic E-state index is 11.2. The van der Waals surface area contributed by atoms with E-state index in [1.165, 1.54) is 13.3 Å². The number of anilines is 1. The number of aromatic nitrogens is 1. The van der Waals surface area contributed by atoms with Crippen LogP contribution in [0.4, 0.5) is 5.82 Å².